The largest absolute Gasteiger partial charge is 0.481 e. The Morgan fingerprint density at radius 1 is 1.32 bits per heavy atom. The fourth-order valence-electron chi connectivity index (χ4n) is 2.74. The van der Waals surface area contributed by atoms with Crippen molar-refractivity contribution in [2.75, 3.05) is 13.2 Å². The first-order chi connectivity index (χ1) is 10.6. The standard InChI is InChI=1S/C16H16FNO4/c17-12-3-1-2-11(8-12)14-9-13(22-18-14)10-16(15(19)20)4-6-21-7-5-16/h1-3,8-9H,4-7,10H2,(H,19,20). The van der Waals surface area contributed by atoms with E-state index in [4.69, 9.17) is 9.26 Å². The molecule has 3 rings (SSSR count). The molecule has 1 aromatic carbocycles. The average Bonchev–Trinajstić information content (AvgIpc) is 2.96. The van der Waals surface area contributed by atoms with Crippen LogP contribution in [-0.2, 0) is 16.0 Å². The number of nitrogens with zero attached hydrogens (tertiary/aromatic N) is 1. The van der Waals surface area contributed by atoms with Gasteiger partial charge in [0.15, 0.2) is 0 Å². The van der Waals surface area contributed by atoms with Crippen LogP contribution in [0.1, 0.15) is 18.6 Å². The predicted octanol–water partition coefficient (Wildman–Crippen LogP) is 2.90. The Morgan fingerprint density at radius 3 is 2.77 bits per heavy atom. The van der Waals surface area contributed by atoms with Gasteiger partial charge in [0.25, 0.3) is 0 Å². The third kappa shape index (κ3) is 2.87. The van der Waals surface area contributed by atoms with Crippen LogP contribution in [-0.4, -0.2) is 29.4 Å². The van der Waals surface area contributed by atoms with Crippen molar-refractivity contribution in [3.63, 3.8) is 0 Å². The fourth-order valence-corrected chi connectivity index (χ4v) is 2.74. The molecule has 2 aromatic rings. The van der Waals surface area contributed by atoms with Crippen LogP contribution in [0.3, 0.4) is 0 Å². The quantitative estimate of drug-likeness (QED) is 0.940. The molecule has 1 saturated heterocycles. The van der Waals surface area contributed by atoms with Crippen LogP contribution in [0.25, 0.3) is 11.3 Å². The van der Waals surface area contributed by atoms with Crippen LogP contribution in [0.15, 0.2) is 34.9 Å². The lowest BCUT2D eigenvalue weighted by atomic mass is 9.76. The number of carboxylic acid groups (broad SMARTS) is 1. The van der Waals surface area contributed by atoms with Crippen LogP contribution in [0.2, 0.25) is 0 Å². The van der Waals surface area contributed by atoms with E-state index in [-0.39, 0.29) is 12.2 Å². The molecule has 0 aliphatic carbocycles. The maximum absolute atomic E-state index is 13.2. The Morgan fingerprint density at radius 2 is 2.09 bits per heavy atom. The number of halogens is 1. The van der Waals surface area contributed by atoms with Gasteiger partial charge in [-0.3, -0.25) is 4.79 Å². The molecule has 1 aliphatic rings. The molecule has 22 heavy (non-hydrogen) atoms. The second kappa shape index (κ2) is 5.88. The van der Waals surface area contributed by atoms with Crippen molar-refractivity contribution in [3.05, 3.63) is 41.9 Å². The number of aliphatic carboxylic acids is 1. The zero-order chi connectivity index (χ0) is 15.6. The molecular formula is C16H16FNO4. The number of carboxylic acids is 1. The first-order valence-electron chi connectivity index (χ1n) is 7.12. The summed E-state index contributed by atoms with van der Waals surface area (Å²) in [6.45, 7) is 0.856. The number of ether oxygens (including phenoxy) is 1. The second-order valence-electron chi connectivity index (χ2n) is 5.56. The molecule has 5 nitrogen and oxygen atoms in total. The number of carbonyl (C=O) groups is 1. The minimum absolute atomic E-state index is 0.258. The lowest BCUT2D eigenvalue weighted by Crippen LogP contribution is -2.39. The Balaban J connectivity index is 1.83. The summed E-state index contributed by atoms with van der Waals surface area (Å²) in [5.74, 6) is -0.712. The van der Waals surface area contributed by atoms with Crippen LogP contribution in [0, 0.1) is 11.2 Å². The summed E-state index contributed by atoms with van der Waals surface area (Å²) >= 11 is 0. The molecule has 6 heteroatoms. The van der Waals surface area contributed by atoms with E-state index in [0.29, 0.717) is 43.1 Å². The monoisotopic (exact) mass is 305 g/mol. The minimum atomic E-state index is -0.878. The summed E-state index contributed by atoms with van der Waals surface area (Å²) in [7, 11) is 0. The third-order valence-corrected chi connectivity index (χ3v) is 4.10. The molecule has 1 aliphatic heterocycles. The maximum Gasteiger partial charge on any atom is 0.310 e. The van der Waals surface area contributed by atoms with Crippen LogP contribution in [0.5, 0.6) is 0 Å². The highest BCUT2D eigenvalue weighted by Crippen LogP contribution is 2.35. The zero-order valence-corrected chi connectivity index (χ0v) is 11.9. The molecule has 0 radical (unpaired) electrons. The highest BCUT2D eigenvalue weighted by Gasteiger charge is 2.41. The van der Waals surface area contributed by atoms with Crippen LogP contribution >= 0.6 is 0 Å². The summed E-state index contributed by atoms with van der Waals surface area (Å²) < 4.78 is 23.8. The smallest absolute Gasteiger partial charge is 0.310 e. The van der Waals surface area contributed by atoms with Gasteiger partial charge in [0.2, 0.25) is 0 Å². The van der Waals surface area contributed by atoms with E-state index in [1.54, 1.807) is 18.2 Å². The summed E-state index contributed by atoms with van der Waals surface area (Å²) in [4.78, 5) is 11.6. The normalized spacial score (nSPS) is 17.3. The van der Waals surface area contributed by atoms with Gasteiger partial charge in [-0.05, 0) is 25.0 Å². The van der Waals surface area contributed by atoms with Gasteiger partial charge in [-0.25, -0.2) is 4.39 Å². The highest BCUT2D eigenvalue weighted by molar-refractivity contribution is 5.75. The SMILES string of the molecule is O=C(O)C1(Cc2cc(-c3cccc(F)c3)no2)CCOCC1. The first kappa shape index (κ1) is 14.7. The zero-order valence-electron chi connectivity index (χ0n) is 11.9. The first-order valence-corrected chi connectivity index (χ1v) is 7.12. The maximum atomic E-state index is 13.2. The molecule has 0 bridgehead atoms. The number of benzene rings is 1. The lowest BCUT2D eigenvalue weighted by Gasteiger charge is -2.32. The predicted molar refractivity (Wildman–Crippen MR) is 75.7 cm³/mol. The molecule has 0 atom stereocenters. The summed E-state index contributed by atoms with van der Waals surface area (Å²) in [5.41, 5.74) is 0.227. The van der Waals surface area contributed by atoms with Crippen molar-refractivity contribution >= 4 is 5.97 Å². The molecule has 0 amide bonds. The molecule has 1 fully saturated rings. The second-order valence-corrected chi connectivity index (χ2v) is 5.56. The summed E-state index contributed by atoms with van der Waals surface area (Å²) in [6.07, 6.45) is 1.14. The molecular weight excluding hydrogens is 289 g/mol. The molecule has 1 aromatic heterocycles. The van der Waals surface area contributed by atoms with Gasteiger partial charge in [0.05, 0.1) is 5.41 Å². The number of hydrogen-bond donors (Lipinski definition) is 1. The molecule has 1 N–H and O–H groups in total. The van der Waals surface area contributed by atoms with Crippen molar-refractivity contribution in [1.82, 2.24) is 5.16 Å². The van der Waals surface area contributed by atoms with Gasteiger partial charge in [-0.2, -0.15) is 0 Å². The average molecular weight is 305 g/mol. The van der Waals surface area contributed by atoms with Crippen molar-refractivity contribution < 1.29 is 23.6 Å². The molecule has 0 unspecified atom stereocenters. The van der Waals surface area contributed by atoms with Crippen molar-refractivity contribution in [2.24, 2.45) is 5.41 Å². The van der Waals surface area contributed by atoms with E-state index in [9.17, 15) is 14.3 Å². The number of aromatic nitrogens is 1. The Labute approximate surface area is 126 Å². The van der Waals surface area contributed by atoms with E-state index in [2.05, 4.69) is 5.16 Å². The number of hydrogen-bond acceptors (Lipinski definition) is 4. The third-order valence-electron chi connectivity index (χ3n) is 4.10. The van der Waals surface area contributed by atoms with Crippen LogP contribution in [0.4, 0.5) is 4.39 Å². The van der Waals surface area contributed by atoms with E-state index in [1.807, 2.05) is 0 Å². The van der Waals surface area contributed by atoms with Gasteiger partial charge >= 0.3 is 5.97 Å². The summed E-state index contributed by atoms with van der Waals surface area (Å²) in [5, 5.41) is 13.5. The lowest BCUT2D eigenvalue weighted by molar-refractivity contribution is -0.155. The minimum Gasteiger partial charge on any atom is -0.481 e. The summed E-state index contributed by atoms with van der Waals surface area (Å²) in [6, 6.07) is 7.71. The van der Waals surface area contributed by atoms with Crippen LogP contribution < -0.4 is 0 Å². The number of rotatable bonds is 4. The molecule has 116 valence electrons. The van der Waals surface area contributed by atoms with Gasteiger partial charge in [-0.1, -0.05) is 17.3 Å². The van der Waals surface area contributed by atoms with Crippen molar-refractivity contribution in [2.45, 2.75) is 19.3 Å². The van der Waals surface area contributed by atoms with E-state index in [1.165, 1.54) is 12.1 Å². The van der Waals surface area contributed by atoms with Crippen molar-refractivity contribution in [3.8, 4) is 11.3 Å². The molecule has 2 heterocycles. The van der Waals surface area contributed by atoms with Gasteiger partial charge in [-0.15, -0.1) is 0 Å². The Hall–Kier alpha value is -2.21. The molecule has 0 spiro atoms. The van der Waals surface area contributed by atoms with Gasteiger partial charge < -0.3 is 14.4 Å². The fraction of sp³-hybridized carbons (Fsp3) is 0.375. The van der Waals surface area contributed by atoms with Crippen molar-refractivity contribution in [1.29, 1.82) is 0 Å². The Bertz CT molecular complexity index is 676. The van der Waals surface area contributed by atoms with E-state index in [0.717, 1.165) is 0 Å². The van der Waals surface area contributed by atoms with Gasteiger partial charge in [0.1, 0.15) is 17.3 Å². The topological polar surface area (TPSA) is 72.6 Å². The highest BCUT2D eigenvalue weighted by atomic mass is 19.1. The van der Waals surface area contributed by atoms with E-state index < -0.39 is 11.4 Å². The van der Waals surface area contributed by atoms with Gasteiger partial charge in [0, 0.05) is 31.3 Å². The Kier molecular flexibility index (Phi) is 3.94. The molecule has 0 saturated carbocycles. The van der Waals surface area contributed by atoms with E-state index >= 15 is 0 Å².